The molecule has 3 N–H and O–H groups in total. The lowest BCUT2D eigenvalue weighted by molar-refractivity contribution is -0.122. The molecule has 1 aromatic rings. The number of anilines is 1. The first-order valence-electron chi connectivity index (χ1n) is 6.99. The molecule has 1 rings (SSSR count). The number of aryl methyl sites for hydroxylation is 2. The molecule has 1 amide bonds. The van der Waals surface area contributed by atoms with Gasteiger partial charge < -0.3 is 11.1 Å². The van der Waals surface area contributed by atoms with E-state index >= 15 is 0 Å². The number of nitrogens with two attached hydrogens (primary N) is 1. The number of rotatable bonds is 7. The third-order valence-corrected chi connectivity index (χ3v) is 3.91. The first-order valence-corrected chi connectivity index (χ1v) is 7.39. The van der Waals surface area contributed by atoms with Crippen LogP contribution in [0.3, 0.4) is 0 Å². The van der Waals surface area contributed by atoms with Crippen LogP contribution in [0.15, 0.2) is 6.20 Å². The quantitative estimate of drug-likeness (QED) is 0.758. The summed E-state index contributed by atoms with van der Waals surface area (Å²) in [7, 11) is 1.82. The molecule has 1 aromatic heterocycles. The molecule has 0 aliphatic heterocycles. The van der Waals surface area contributed by atoms with Crippen molar-refractivity contribution in [1.29, 1.82) is 0 Å². The molecule has 0 spiro atoms. The fourth-order valence-corrected chi connectivity index (χ4v) is 2.82. The predicted molar refractivity (Wildman–Crippen MR) is 85.6 cm³/mol. The number of nitrogens with zero attached hydrogens (tertiary/aromatic N) is 2. The van der Waals surface area contributed by atoms with Gasteiger partial charge in [0.1, 0.15) is 0 Å². The average Bonchev–Trinajstić information content (AvgIpc) is 2.66. The second-order valence-electron chi connectivity index (χ2n) is 5.20. The summed E-state index contributed by atoms with van der Waals surface area (Å²) in [5, 5.41) is 7.15. The van der Waals surface area contributed by atoms with Gasteiger partial charge in [0, 0.05) is 13.2 Å². The Hall–Kier alpha value is -1.43. The first kappa shape index (κ1) is 16.6. The van der Waals surface area contributed by atoms with Crippen LogP contribution in [0.4, 0.5) is 5.69 Å². The Balaban J connectivity index is 3.04. The van der Waals surface area contributed by atoms with Crippen LogP contribution in [0.25, 0.3) is 0 Å². The molecule has 20 heavy (non-hydrogen) atoms. The molecule has 112 valence electrons. The zero-order chi connectivity index (χ0) is 15.3. The molecule has 0 bridgehead atoms. The van der Waals surface area contributed by atoms with E-state index in [4.69, 9.17) is 18.0 Å². The SMILES string of the molecule is CCCC(CCC)(C(=O)Nc1cn(C)nc1C)C(N)=S. The molecule has 0 radical (unpaired) electrons. The molecule has 6 heteroatoms. The summed E-state index contributed by atoms with van der Waals surface area (Å²) in [4.78, 5) is 13.0. The van der Waals surface area contributed by atoms with Crippen molar-refractivity contribution in [3.05, 3.63) is 11.9 Å². The molecule has 0 saturated carbocycles. The fraction of sp³-hybridized carbons (Fsp3) is 0.643. The zero-order valence-corrected chi connectivity index (χ0v) is 13.5. The van der Waals surface area contributed by atoms with Crippen LogP contribution in [0.5, 0.6) is 0 Å². The summed E-state index contributed by atoms with van der Waals surface area (Å²) >= 11 is 5.19. The number of amides is 1. The normalized spacial score (nSPS) is 11.4. The van der Waals surface area contributed by atoms with Crippen molar-refractivity contribution in [3.8, 4) is 0 Å². The van der Waals surface area contributed by atoms with E-state index in [-0.39, 0.29) is 10.9 Å². The van der Waals surface area contributed by atoms with Gasteiger partial charge in [0.05, 0.1) is 21.8 Å². The van der Waals surface area contributed by atoms with Crippen molar-refractivity contribution >= 4 is 28.8 Å². The van der Waals surface area contributed by atoms with E-state index in [9.17, 15) is 4.79 Å². The molecule has 5 nitrogen and oxygen atoms in total. The lowest BCUT2D eigenvalue weighted by Crippen LogP contribution is -2.46. The maximum Gasteiger partial charge on any atom is 0.237 e. The van der Waals surface area contributed by atoms with Gasteiger partial charge in [0.25, 0.3) is 0 Å². The highest BCUT2D eigenvalue weighted by molar-refractivity contribution is 7.80. The lowest BCUT2D eigenvalue weighted by atomic mass is 9.78. The first-order chi connectivity index (χ1) is 9.37. The Morgan fingerprint density at radius 3 is 2.35 bits per heavy atom. The van der Waals surface area contributed by atoms with Crippen molar-refractivity contribution < 1.29 is 4.79 Å². The third kappa shape index (κ3) is 3.36. The minimum atomic E-state index is -0.763. The molecular formula is C14H24N4OS. The maximum atomic E-state index is 12.7. The average molecular weight is 296 g/mol. The van der Waals surface area contributed by atoms with Gasteiger partial charge in [-0.2, -0.15) is 5.10 Å². The molecule has 0 aromatic carbocycles. The number of thiocarbonyl (C=S) groups is 1. The smallest absolute Gasteiger partial charge is 0.237 e. The second-order valence-corrected chi connectivity index (χ2v) is 5.64. The molecule has 0 fully saturated rings. The van der Waals surface area contributed by atoms with Gasteiger partial charge in [0.2, 0.25) is 5.91 Å². The topological polar surface area (TPSA) is 72.9 Å². The van der Waals surface area contributed by atoms with Crippen molar-refractivity contribution in [2.24, 2.45) is 18.2 Å². The minimum absolute atomic E-state index is 0.121. The monoisotopic (exact) mass is 296 g/mol. The third-order valence-electron chi connectivity index (χ3n) is 3.52. The number of carbonyl (C=O) groups excluding carboxylic acids is 1. The summed E-state index contributed by atoms with van der Waals surface area (Å²) in [6.07, 6.45) is 4.84. The van der Waals surface area contributed by atoms with Crippen LogP contribution in [0, 0.1) is 12.3 Å². The molecule has 1 heterocycles. The van der Waals surface area contributed by atoms with Crippen LogP contribution in [0.1, 0.15) is 45.2 Å². The van der Waals surface area contributed by atoms with Crippen molar-refractivity contribution in [1.82, 2.24) is 9.78 Å². The van der Waals surface area contributed by atoms with Crippen LogP contribution in [-0.4, -0.2) is 20.7 Å². The summed E-state index contributed by atoms with van der Waals surface area (Å²) in [5.74, 6) is -0.121. The molecule has 0 saturated heterocycles. The zero-order valence-electron chi connectivity index (χ0n) is 12.7. The molecule has 0 atom stereocenters. The van der Waals surface area contributed by atoms with Gasteiger partial charge in [-0.15, -0.1) is 0 Å². The number of carbonyl (C=O) groups is 1. The van der Waals surface area contributed by atoms with Gasteiger partial charge in [-0.05, 0) is 19.8 Å². The summed E-state index contributed by atoms with van der Waals surface area (Å²) in [6.45, 7) is 5.92. The van der Waals surface area contributed by atoms with Gasteiger partial charge >= 0.3 is 0 Å². The predicted octanol–water partition coefficient (Wildman–Crippen LogP) is 2.54. The van der Waals surface area contributed by atoms with Crippen LogP contribution in [0.2, 0.25) is 0 Å². The highest BCUT2D eigenvalue weighted by Gasteiger charge is 2.40. The van der Waals surface area contributed by atoms with Gasteiger partial charge in [-0.25, -0.2) is 0 Å². The van der Waals surface area contributed by atoms with Crippen LogP contribution >= 0.6 is 12.2 Å². The highest BCUT2D eigenvalue weighted by atomic mass is 32.1. The van der Waals surface area contributed by atoms with E-state index < -0.39 is 5.41 Å². The van der Waals surface area contributed by atoms with Crippen LogP contribution < -0.4 is 11.1 Å². The molecule has 0 aliphatic carbocycles. The number of nitrogens with one attached hydrogen (secondary N) is 1. The summed E-state index contributed by atoms with van der Waals surface area (Å²) < 4.78 is 1.67. The lowest BCUT2D eigenvalue weighted by Gasteiger charge is -2.30. The van der Waals surface area contributed by atoms with E-state index in [1.54, 1.807) is 10.9 Å². The minimum Gasteiger partial charge on any atom is -0.392 e. The number of aromatic nitrogens is 2. The van der Waals surface area contributed by atoms with Crippen molar-refractivity contribution in [2.75, 3.05) is 5.32 Å². The van der Waals surface area contributed by atoms with Gasteiger partial charge in [0.15, 0.2) is 0 Å². The molecule has 0 unspecified atom stereocenters. The van der Waals surface area contributed by atoms with Crippen molar-refractivity contribution in [3.63, 3.8) is 0 Å². The Bertz CT molecular complexity index is 489. The van der Waals surface area contributed by atoms with E-state index in [0.717, 1.165) is 18.5 Å². The van der Waals surface area contributed by atoms with Gasteiger partial charge in [-0.3, -0.25) is 9.48 Å². The molecule has 0 aliphatic rings. The van der Waals surface area contributed by atoms with E-state index in [1.165, 1.54) is 0 Å². The fourth-order valence-electron chi connectivity index (χ4n) is 2.53. The van der Waals surface area contributed by atoms with E-state index in [1.807, 2.05) is 27.8 Å². The van der Waals surface area contributed by atoms with Crippen LogP contribution in [-0.2, 0) is 11.8 Å². The summed E-state index contributed by atoms with van der Waals surface area (Å²) in [5.41, 5.74) is 6.62. The standard InChI is InChI=1S/C14H24N4OS/c1-5-7-14(8-6-2,12(15)20)13(19)16-11-9-18(4)17-10(11)3/h9H,5-8H2,1-4H3,(H2,15,20)(H,16,19). The Kier molecular flexibility index (Phi) is 5.68. The molecular weight excluding hydrogens is 272 g/mol. The Labute approximate surface area is 125 Å². The van der Waals surface area contributed by atoms with E-state index in [0.29, 0.717) is 18.5 Å². The van der Waals surface area contributed by atoms with E-state index in [2.05, 4.69) is 10.4 Å². The number of hydrogen-bond acceptors (Lipinski definition) is 3. The van der Waals surface area contributed by atoms with Gasteiger partial charge in [-0.1, -0.05) is 38.9 Å². The highest BCUT2D eigenvalue weighted by Crippen LogP contribution is 2.32. The summed E-state index contributed by atoms with van der Waals surface area (Å²) in [6, 6.07) is 0. The number of hydrogen-bond donors (Lipinski definition) is 2. The second kappa shape index (κ2) is 6.83. The largest absolute Gasteiger partial charge is 0.392 e. The Morgan fingerprint density at radius 2 is 2.00 bits per heavy atom. The Morgan fingerprint density at radius 1 is 1.45 bits per heavy atom. The maximum absolute atomic E-state index is 12.7. The van der Waals surface area contributed by atoms with Crippen molar-refractivity contribution in [2.45, 2.75) is 46.5 Å².